The lowest BCUT2D eigenvalue weighted by molar-refractivity contribution is 0.475. The van der Waals surface area contributed by atoms with Gasteiger partial charge in [0.2, 0.25) is 11.9 Å². The van der Waals surface area contributed by atoms with Crippen molar-refractivity contribution >= 4 is 37.2 Å². The molecule has 4 N–H and O–H groups in total. The number of rotatable bonds is 3. The molecule has 0 radical (unpaired) electrons. The molecule has 0 fully saturated rings. The van der Waals surface area contributed by atoms with Gasteiger partial charge < -0.3 is 29.9 Å². The van der Waals surface area contributed by atoms with Crippen LogP contribution >= 0.6 is 14.7 Å². The van der Waals surface area contributed by atoms with Crippen LogP contribution in [0, 0.1) is 0 Å². The number of anilines is 2. The molecule has 0 saturated carbocycles. The highest BCUT2D eigenvalue weighted by atomic mass is 31.2. The minimum absolute atomic E-state index is 0.322. The van der Waals surface area contributed by atoms with Crippen molar-refractivity contribution in [1.82, 2.24) is 15.0 Å². The molecule has 10 rings (SSSR count). The highest BCUT2D eigenvalue weighted by Crippen LogP contribution is 2.52. The average Bonchev–Trinajstić information content (AvgIpc) is 3.30. The number of benzene rings is 7. The molecule has 0 saturated heterocycles. The van der Waals surface area contributed by atoms with Crippen molar-refractivity contribution in [3.63, 3.8) is 0 Å². The Bertz CT molecular complexity index is 2630. The number of aromatic hydroxyl groups is 2. The first kappa shape index (κ1) is 44.4. The minimum Gasteiger partial charge on any atom is -0.508 e. The second kappa shape index (κ2) is 20.9. The van der Waals surface area contributed by atoms with Crippen LogP contribution in [0.15, 0.2) is 188 Å². The predicted molar refractivity (Wildman–Crippen MR) is 252 cm³/mol. The molecule has 2 aliphatic rings. The normalized spacial score (nSPS) is 15.7. The Morgan fingerprint density at radius 1 is 0.419 bits per heavy atom. The van der Waals surface area contributed by atoms with Gasteiger partial charge in [0.1, 0.15) is 23.0 Å². The number of aromatic nitrogens is 3. The topological polar surface area (TPSA) is 156 Å². The first-order valence-corrected chi connectivity index (χ1v) is 23.7. The van der Waals surface area contributed by atoms with Crippen LogP contribution < -0.4 is 30.3 Å². The van der Waals surface area contributed by atoms with Crippen molar-refractivity contribution in [2.75, 3.05) is 38.1 Å². The number of fused-ring (bicyclic) bond motifs is 6. The monoisotopic (exact) mass is 863 g/mol. The van der Waals surface area contributed by atoms with E-state index in [0.717, 1.165) is 38.4 Å². The second-order valence-corrected chi connectivity index (χ2v) is 18.5. The molecule has 7 aromatic carbocycles. The van der Waals surface area contributed by atoms with Crippen molar-refractivity contribution in [2.45, 2.75) is 0 Å². The fourth-order valence-corrected chi connectivity index (χ4v) is 9.54. The summed E-state index contributed by atoms with van der Waals surface area (Å²) in [6, 6.07) is 58.1. The van der Waals surface area contributed by atoms with Gasteiger partial charge in [-0.05, 0) is 59.7 Å². The molecule has 314 valence electrons. The molecule has 2 aliphatic heterocycles. The smallest absolute Gasteiger partial charge is 0.274 e. The molecule has 0 spiro atoms. The third-order valence-corrected chi connectivity index (χ3v) is 12.8. The SMILES string of the molecule is CNc1nc(NC)nc(-c2ccccc2)n1.CP1(=O)Oc2ccccc2-c2ccccc21.CP1(=O)Oc2ccccc2-c2ccccc21.Oc1ccccc1.Oc1ccccc1. The maximum absolute atomic E-state index is 12.4. The summed E-state index contributed by atoms with van der Waals surface area (Å²) in [4.78, 5) is 12.7. The number of hydrogen-bond donors (Lipinski definition) is 4. The van der Waals surface area contributed by atoms with E-state index >= 15 is 0 Å². The van der Waals surface area contributed by atoms with Crippen LogP contribution in [0.4, 0.5) is 11.9 Å². The highest BCUT2D eigenvalue weighted by molar-refractivity contribution is 7.67. The van der Waals surface area contributed by atoms with Crippen LogP contribution in [-0.4, -0.2) is 52.6 Å². The largest absolute Gasteiger partial charge is 0.508 e. The number of phenolic OH excluding ortho intramolecular Hbond substituents is 2. The fourth-order valence-electron chi connectivity index (χ4n) is 6.29. The molecule has 11 nitrogen and oxygen atoms in total. The summed E-state index contributed by atoms with van der Waals surface area (Å²) >= 11 is 0. The summed E-state index contributed by atoms with van der Waals surface area (Å²) in [6.07, 6.45) is 0. The van der Waals surface area contributed by atoms with Gasteiger partial charge in [0.05, 0.1) is 10.6 Å². The van der Waals surface area contributed by atoms with Crippen LogP contribution in [0.1, 0.15) is 0 Å². The van der Waals surface area contributed by atoms with Crippen molar-refractivity contribution in [3.05, 3.63) is 188 Å². The van der Waals surface area contributed by atoms with Crippen molar-refractivity contribution in [3.8, 4) is 56.6 Å². The van der Waals surface area contributed by atoms with Crippen molar-refractivity contribution in [2.24, 2.45) is 0 Å². The molecule has 0 amide bonds. The van der Waals surface area contributed by atoms with Gasteiger partial charge in [-0.25, -0.2) is 0 Å². The lowest BCUT2D eigenvalue weighted by Gasteiger charge is -2.25. The van der Waals surface area contributed by atoms with E-state index in [0.29, 0.717) is 40.7 Å². The van der Waals surface area contributed by atoms with Crippen LogP contribution in [0.5, 0.6) is 23.0 Å². The third kappa shape index (κ3) is 11.5. The molecule has 2 atom stereocenters. The van der Waals surface area contributed by atoms with Gasteiger partial charge in [-0.3, -0.25) is 9.13 Å². The Labute approximate surface area is 362 Å². The van der Waals surface area contributed by atoms with Crippen molar-refractivity contribution < 1.29 is 28.4 Å². The summed E-state index contributed by atoms with van der Waals surface area (Å²) in [6.45, 7) is 3.34. The van der Waals surface area contributed by atoms with E-state index in [1.165, 1.54) is 0 Å². The first-order chi connectivity index (χ1) is 30.0. The Morgan fingerprint density at radius 2 is 0.742 bits per heavy atom. The molecule has 13 heteroatoms. The number of phenols is 2. The lowest BCUT2D eigenvalue weighted by atomic mass is 10.0. The molecule has 3 heterocycles. The standard InChI is InChI=1S/2C13H11O2P.C11H13N5.2C6H6O/c2*1-16(14)13-9-5-3-7-11(13)10-6-2-4-8-12(10)15-16;1-12-10-14-9(15-11(13-2)16-10)8-6-4-3-5-7-8;2*7-6-4-2-1-3-5-6/h2*2-9H,1H3;3-7H,1-2H3,(H2,12,13,14,15,16);2*1-5,7H. The maximum Gasteiger partial charge on any atom is 0.274 e. The summed E-state index contributed by atoms with van der Waals surface area (Å²) in [7, 11) is -1.86. The van der Waals surface area contributed by atoms with E-state index in [1.807, 2.05) is 140 Å². The summed E-state index contributed by atoms with van der Waals surface area (Å²) in [5.41, 5.74) is 5.06. The number of para-hydroxylation sites is 4. The van der Waals surface area contributed by atoms with E-state index in [1.54, 1.807) is 76.0 Å². The molecular weight excluding hydrogens is 817 g/mol. The van der Waals surface area contributed by atoms with Gasteiger partial charge in [-0.2, -0.15) is 15.0 Å². The zero-order valence-electron chi connectivity index (χ0n) is 34.7. The number of nitrogens with zero attached hydrogens (tertiary/aromatic N) is 3. The number of nitrogens with one attached hydrogen (secondary N) is 2. The molecule has 1 aromatic heterocycles. The Balaban J connectivity index is 0.000000135. The molecular formula is C49H47N5O6P2. The van der Waals surface area contributed by atoms with Crippen LogP contribution in [0.3, 0.4) is 0 Å². The van der Waals surface area contributed by atoms with Crippen LogP contribution in [0.2, 0.25) is 0 Å². The summed E-state index contributed by atoms with van der Waals surface area (Å²) < 4.78 is 36.0. The van der Waals surface area contributed by atoms with E-state index < -0.39 is 14.7 Å². The van der Waals surface area contributed by atoms with E-state index in [9.17, 15) is 9.13 Å². The Hall–Kier alpha value is -7.19. The van der Waals surface area contributed by atoms with E-state index in [4.69, 9.17) is 19.3 Å². The minimum atomic E-state index is -2.71. The quantitative estimate of drug-likeness (QED) is 0.125. The summed E-state index contributed by atoms with van der Waals surface area (Å²) in [5.74, 6) is 3.84. The molecule has 8 aromatic rings. The molecule has 62 heavy (non-hydrogen) atoms. The zero-order valence-corrected chi connectivity index (χ0v) is 36.5. The van der Waals surface area contributed by atoms with E-state index in [-0.39, 0.29) is 0 Å². The maximum atomic E-state index is 12.4. The van der Waals surface area contributed by atoms with Crippen molar-refractivity contribution in [1.29, 1.82) is 0 Å². The number of hydrogen-bond acceptors (Lipinski definition) is 11. The Morgan fingerprint density at radius 3 is 1.10 bits per heavy atom. The highest BCUT2D eigenvalue weighted by Gasteiger charge is 2.32. The van der Waals surface area contributed by atoms with Gasteiger partial charge in [-0.15, -0.1) is 0 Å². The van der Waals surface area contributed by atoms with Gasteiger partial charge in [0, 0.05) is 44.1 Å². The second-order valence-electron chi connectivity index (χ2n) is 13.7. The van der Waals surface area contributed by atoms with Gasteiger partial charge in [0.25, 0.3) is 14.7 Å². The van der Waals surface area contributed by atoms with Gasteiger partial charge in [0.15, 0.2) is 5.82 Å². The zero-order chi connectivity index (χ0) is 44.0. The third-order valence-electron chi connectivity index (χ3n) is 9.21. The lowest BCUT2D eigenvalue weighted by Crippen LogP contribution is -2.16. The fraction of sp³-hybridized carbons (Fsp3) is 0.0816. The summed E-state index contributed by atoms with van der Waals surface area (Å²) in [5, 5.41) is 24.7. The Kier molecular flexibility index (Phi) is 14.9. The van der Waals surface area contributed by atoms with Gasteiger partial charge in [-0.1, -0.05) is 140 Å². The van der Waals surface area contributed by atoms with Gasteiger partial charge >= 0.3 is 0 Å². The first-order valence-electron chi connectivity index (χ1n) is 19.6. The van der Waals surface area contributed by atoms with Crippen LogP contribution in [-0.2, 0) is 9.13 Å². The molecule has 0 bridgehead atoms. The average molecular weight is 864 g/mol. The van der Waals surface area contributed by atoms with Crippen LogP contribution in [0.25, 0.3) is 33.6 Å². The van der Waals surface area contributed by atoms with E-state index in [2.05, 4.69) is 25.6 Å². The molecule has 0 aliphatic carbocycles. The molecule has 2 unspecified atom stereocenters. The predicted octanol–water partition coefficient (Wildman–Crippen LogP) is 11.0.